The van der Waals surface area contributed by atoms with Gasteiger partial charge in [0.15, 0.2) is 0 Å². The van der Waals surface area contributed by atoms with Crippen LogP contribution in [0.5, 0.6) is 0 Å². The molecule has 5 rings (SSSR count). The largest absolute Gasteiger partial charge is 0.380 e. The minimum Gasteiger partial charge on any atom is -0.380 e. The van der Waals surface area contributed by atoms with Gasteiger partial charge in [0.2, 0.25) is 5.91 Å². The lowest BCUT2D eigenvalue weighted by Gasteiger charge is -2.46. The number of likely N-dealkylation sites (tertiary alicyclic amines) is 1. The van der Waals surface area contributed by atoms with Gasteiger partial charge in [-0.25, -0.2) is 4.98 Å². The van der Waals surface area contributed by atoms with Gasteiger partial charge >= 0.3 is 0 Å². The second-order valence-electron chi connectivity index (χ2n) is 9.46. The Morgan fingerprint density at radius 3 is 2.73 bits per heavy atom. The molecule has 9 heteroatoms. The molecule has 0 atom stereocenters. The van der Waals surface area contributed by atoms with Crippen LogP contribution in [0.1, 0.15) is 44.9 Å². The second kappa shape index (κ2) is 8.71. The minimum atomic E-state index is -0.0313. The SMILES string of the molecule is Cn1cc(-c2cc3c(NC4CCC5(CC4)CCN(C(=O)CC#N)CC5)c(Cl)cnc3[nH]2)cn1. The van der Waals surface area contributed by atoms with E-state index in [1.165, 1.54) is 0 Å². The van der Waals surface area contributed by atoms with Crippen molar-refractivity contribution in [3.8, 4) is 17.3 Å². The van der Waals surface area contributed by atoms with E-state index in [-0.39, 0.29) is 12.3 Å². The number of nitriles is 1. The number of pyridine rings is 1. The van der Waals surface area contributed by atoms with E-state index < -0.39 is 0 Å². The number of nitrogens with zero attached hydrogens (tertiary/aromatic N) is 5. The fourth-order valence-corrected chi connectivity index (χ4v) is 5.61. The molecule has 0 bridgehead atoms. The Balaban J connectivity index is 1.26. The number of rotatable bonds is 4. The predicted molar refractivity (Wildman–Crippen MR) is 128 cm³/mol. The average molecular weight is 466 g/mol. The fourth-order valence-electron chi connectivity index (χ4n) is 5.40. The number of aryl methyl sites for hydroxylation is 1. The van der Waals surface area contributed by atoms with Gasteiger partial charge in [0.05, 0.1) is 34.9 Å². The highest BCUT2D eigenvalue weighted by Crippen LogP contribution is 2.46. The van der Waals surface area contributed by atoms with E-state index in [4.69, 9.17) is 16.9 Å². The van der Waals surface area contributed by atoms with Crippen molar-refractivity contribution in [2.45, 2.75) is 51.0 Å². The highest BCUT2D eigenvalue weighted by Gasteiger charge is 2.39. The first-order valence-corrected chi connectivity index (χ1v) is 11.9. The lowest BCUT2D eigenvalue weighted by atomic mass is 9.67. The van der Waals surface area contributed by atoms with E-state index in [1.807, 2.05) is 30.4 Å². The number of aromatic amines is 1. The van der Waals surface area contributed by atoms with Crippen molar-refractivity contribution in [3.63, 3.8) is 0 Å². The number of H-pyrrole nitrogens is 1. The number of hydrogen-bond acceptors (Lipinski definition) is 5. The Kier molecular flexibility index (Phi) is 5.75. The van der Waals surface area contributed by atoms with E-state index in [1.54, 1.807) is 10.9 Å². The summed E-state index contributed by atoms with van der Waals surface area (Å²) in [5.74, 6) is -0.0313. The molecule has 1 spiro atoms. The van der Waals surface area contributed by atoms with Crippen molar-refractivity contribution in [2.24, 2.45) is 12.5 Å². The van der Waals surface area contributed by atoms with E-state index in [2.05, 4.69) is 26.4 Å². The van der Waals surface area contributed by atoms with Crippen molar-refractivity contribution in [1.29, 1.82) is 5.26 Å². The molecule has 0 radical (unpaired) electrons. The topological polar surface area (TPSA) is 103 Å². The van der Waals surface area contributed by atoms with Crippen molar-refractivity contribution >= 4 is 34.2 Å². The molecule has 172 valence electrons. The van der Waals surface area contributed by atoms with Crippen molar-refractivity contribution in [2.75, 3.05) is 18.4 Å². The van der Waals surface area contributed by atoms with Crippen LogP contribution in [0, 0.1) is 16.7 Å². The third kappa shape index (κ3) is 4.30. The van der Waals surface area contributed by atoms with Crippen LogP contribution in [0.4, 0.5) is 5.69 Å². The summed E-state index contributed by atoms with van der Waals surface area (Å²) >= 11 is 6.58. The maximum absolute atomic E-state index is 12.0. The molecule has 2 fully saturated rings. The number of anilines is 1. The Morgan fingerprint density at radius 1 is 1.30 bits per heavy atom. The molecule has 1 aliphatic heterocycles. The molecular weight excluding hydrogens is 438 g/mol. The Labute approximate surface area is 197 Å². The normalized spacial score (nSPS) is 18.5. The Bertz CT molecular complexity index is 1210. The van der Waals surface area contributed by atoms with Gasteiger partial charge in [-0.2, -0.15) is 10.4 Å². The summed E-state index contributed by atoms with van der Waals surface area (Å²) in [7, 11) is 1.90. The molecular formula is C24H28ClN7O. The number of aromatic nitrogens is 4. The number of nitrogens with one attached hydrogen (secondary N) is 2. The molecule has 3 aromatic rings. The van der Waals surface area contributed by atoms with Gasteiger partial charge in [0.25, 0.3) is 0 Å². The number of halogens is 1. The summed E-state index contributed by atoms with van der Waals surface area (Å²) in [5, 5.41) is 18.4. The molecule has 0 aromatic carbocycles. The molecule has 2 aliphatic rings. The second-order valence-corrected chi connectivity index (χ2v) is 9.87. The van der Waals surface area contributed by atoms with Crippen LogP contribution in [0.15, 0.2) is 24.7 Å². The number of amides is 1. The number of carbonyl (C=O) groups is 1. The first-order valence-electron chi connectivity index (χ1n) is 11.5. The van der Waals surface area contributed by atoms with Crippen LogP contribution in [-0.2, 0) is 11.8 Å². The van der Waals surface area contributed by atoms with Crippen molar-refractivity contribution < 1.29 is 4.79 Å². The van der Waals surface area contributed by atoms with Crippen LogP contribution in [-0.4, -0.2) is 49.7 Å². The van der Waals surface area contributed by atoms with Crippen molar-refractivity contribution in [3.05, 3.63) is 29.7 Å². The molecule has 3 aromatic heterocycles. The minimum absolute atomic E-state index is 0.0121. The number of fused-ring (bicyclic) bond motifs is 1. The molecule has 4 heterocycles. The molecule has 33 heavy (non-hydrogen) atoms. The summed E-state index contributed by atoms with van der Waals surface area (Å²) in [5.41, 5.74) is 4.04. The smallest absolute Gasteiger partial charge is 0.236 e. The molecule has 1 saturated carbocycles. The van der Waals surface area contributed by atoms with Crippen LogP contribution >= 0.6 is 11.6 Å². The summed E-state index contributed by atoms with van der Waals surface area (Å²) in [6.07, 6.45) is 12.0. The summed E-state index contributed by atoms with van der Waals surface area (Å²) < 4.78 is 1.78. The summed E-state index contributed by atoms with van der Waals surface area (Å²) in [6, 6.07) is 4.42. The summed E-state index contributed by atoms with van der Waals surface area (Å²) in [6.45, 7) is 1.55. The molecule has 1 aliphatic carbocycles. The lowest BCUT2D eigenvalue weighted by Crippen LogP contribution is -2.45. The monoisotopic (exact) mass is 465 g/mol. The molecule has 1 amide bonds. The van der Waals surface area contributed by atoms with E-state index in [0.717, 1.165) is 79.6 Å². The molecule has 8 nitrogen and oxygen atoms in total. The fraction of sp³-hybridized carbons (Fsp3) is 0.500. The maximum Gasteiger partial charge on any atom is 0.236 e. The molecule has 0 unspecified atom stereocenters. The Hall–Kier alpha value is -3.05. The third-order valence-corrected chi connectivity index (χ3v) is 7.72. The van der Waals surface area contributed by atoms with Crippen LogP contribution in [0.25, 0.3) is 22.3 Å². The van der Waals surface area contributed by atoms with Crippen LogP contribution in [0.2, 0.25) is 5.02 Å². The quantitative estimate of drug-likeness (QED) is 0.590. The standard InChI is InChI=1S/C24H28ClN7O/c1-31-15-16(13-28-31)20-12-18-22(19(25)14-27-23(18)30-20)29-17-2-5-24(6-3-17)7-10-32(11-8-24)21(33)4-9-26/h12-15,17H,2-8,10-11H2,1H3,(H2,27,29,30). The zero-order chi connectivity index (χ0) is 23.0. The van der Waals surface area contributed by atoms with Gasteiger partial charge in [0, 0.05) is 43.3 Å². The van der Waals surface area contributed by atoms with Gasteiger partial charge in [-0.3, -0.25) is 9.48 Å². The first-order chi connectivity index (χ1) is 16.0. The summed E-state index contributed by atoms with van der Waals surface area (Å²) in [4.78, 5) is 21.8. The van der Waals surface area contributed by atoms with E-state index in [9.17, 15) is 4.79 Å². The van der Waals surface area contributed by atoms with Gasteiger partial charge in [0.1, 0.15) is 12.1 Å². The lowest BCUT2D eigenvalue weighted by molar-refractivity contribution is -0.132. The maximum atomic E-state index is 12.0. The van der Waals surface area contributed by atoms with E-state index in [0.29, 0.717) is 16.5 Å². The van der Waals surface area contributed by atoms with Crippen LogP contribution < -0.4 is 5.32 Å². The predicted octanol–water partition coefficient (Wildman–Crippen LogP) is 4.49. The van der Waals surface area contributed by atoms with Gasteiger partial charge in [-0.1, -0.05) is 11.6 Å². The van der Waals surface area contributed by atoms with E-state index >= 15 is 0 Å². The van der Waals surface area contributed by atoms with Crippen molar-refractivity contribution in [1.82, 2.24) is 24.6 Å². The number of hydrogen-bond donors (Lipinski definition) is 2. The number of piperidine rings is 1. The molecule has 1 saturated heterocycles. The van der Waals surface area contributed by atoms with Gasteiger partial charge in [-0.05, 0) is 50.0 Å². The average Bonchev–Trinajstić information content (AvgIpc) is 3.44. The van der Waals surface area contributed by atoms with Gasteiger partial charge < -0.3 is 15.2 Å². The zero-order valence-electron chi connectivity index (χ0n) is 18.8. The Morgan fingerprint density at radius 2 is 2.06 bits per heavy atom. The highest BCUT2D eigenvalue weighted by molar-refractivity contribution is 6.34. The third-order valence-electron chi connectivity index (χ3n) is 7.43. The highest BCUT2D eigenvalue weighted by atomic mass is 35.5. The van der Waals surface area contributed by atoms with Crippen LogP contribution in [0.3, 0.4) is 0 Å². The molecule has 2 N–H and O–H groups in total. The number of carbonyl (C=O) groups excluding carboxylic acids is 1. The first kappa shape index (κ1) is 21.8. The zero-order valence-corrected chi connectivity index (χ0v) is 19.5. The van der Waals surface area contributed by atoms with Gasteiger partial charge in [-0.15, -0.1) is 0 Å².